The third kappa shape index (κ3) is 29.8. The summed E-state index contributed by atoms with van der Waals surface area (Å²) in [4.78, 5) is 116. The molecular weight excluding hydrogens is 955 g/mol. The number of carbonyl (C=O) groups is 10. The van der Waals surface area contributed by atoms with Crippen LogP contribution in [0.15, 0.2) is 61.6 Å². The highest BCUT2D eigenvalue weighted by Crippen LogP contribution is 2.23. The molecule has 0 aromatic rings. The van der Waals surface area contributed by atoms with Crippen LogP contribution in [0.3, 0.4) is 0 Å². The van der Waals surface area contributed by atoms with Crippen molar-refractivity contribution >= 4 is 59.8 Å². The zero-order valence-electron chi connectivity index (χ0n) is 44.1. The maximum Gasteiger partial charge on any atom is 0.414 e. The Labute approximate surface area is 432 Å². The highest BCUT2D eigenvalue weighted by atomic mass is 16.6. The highest BCUT2D eigenvalue weighted by Gasteiger charge is 2.35. The Bertz CT molecular complexity index is 1920. The molecule has 73 heavy (non-hydrogen) atoms. The van der Waals surface area contributed by atoms with Gasteiger partial charge >= 0.3 is 42.0 Å². The molecule has 5 atom stereocenters. The Morgan fingerprint density at radius 2 is 1.04 bits per heavy atom. The molecule has 3 rings (SSSR count). The van der Waals surface area contributed by atoms with Gasteiger partial charge in [0.25, 0.3) is 0 Å². The van der Waals surface area contributed by atoms with Crippen LogP contribution >= 0.6 is 0 Å². The van der Waals surface area contributed by atoms with Gasteiger partial charge in [0.15, 0.2) is 0 Å². The fraction of sp³-hybridized carbons (Fsp3) is 0.608. The molecule has 3 aliphatic heterocycles. The number of amides is 5. The first-order chi connectivity index (χ1) is 33.0. The van der Waals surface area contributed by atoms with E-state index in [-0.39, 0.29) is 44.5 Å². The fourth-order valence-electron chi connectivity index (χ4n) is 6.11. The third-order valence-corrected chi connectivity index (χ3v) is 9.20. The van der Waals surface area contributed by atoms with Crippen LogP contribution in [0.25, 0.3) is 0 Å². The number of rotatable bonds is 11. The largest absolute Gasteiger partial charge is 0.467 e. The number of hydrogen-bond donors (Lipinski definition) is 2. The van der Waals surface area contributed by atoms with E-state index in [1.54, 1.807) is 66.2 Å². The van der Waals surface area contributed by atoms with Crippen molar-refractivity contribution in [3.05, 3.63) is 61.6 Å². The molecule has 0 aromatic heterocycles. The Kier molecular flexibility index (Phi) is 36.6. The summed E-state index contributed by atoms with van der Waals surface area (Å²) in [5.41, 5.74) is -0.125. The average molecular weight is 1040 g/mol. The number of carbonyl (C=O) groups excluding carboxylic acids is 10. The van der Waals surface area contributed by atoms with Gasteiger partial charge in [0, 0.05) is 45.8 Å². The van der Waals surface area contributed by atoms with E-state index in [0.717, 1.165) is 18.4 Å². The number of methoxy groups -OCH3 is 5. The van der Waals surface area contributed by atoms with Crippen molar-refractivity contribution in [2.75, 3.05) is 35.5 Å². The predicted octanol–water partition coefficient (Wildman–Crippen LogP) is 6.58. The molecule has 0 radical (unpaired) electrons. The first kappa shape index (κ1) is 72.5. The van der Waals surface area contributed by atoms with Gasteiger partial charge in [-0.15, -0.1) is 13.2 Å². The molecule has 416 valence electrons. The van der Waals surface area contributed by atoms with Crippen LogP contribution in [0.5, 0.6) is 0 Å². The van der Waals surface area contributed by atoms with Crippen LogP contribution in [0.2, 0.25) is 0 Å². The summed E-state index contributed by atoms with van der Waals surface area (Å²) in [6.45, 7) is 23.8. The summed E-state index contributed by atoms with van der Waals surface area (Å²) in [6, 6.07) is -2.85. The molecule has 0 aliphatic carbocycles. The number of nitrogens with one attached hydrogen (secondary N) is 2. The average Bonchev–Trinajstić information content (AvgIpc) is 3.71. The van der Waals surface area contributed by atoms with Crippen molar-refractivity contribution in [2.45, 2.75) is 170 Å². The van der Waals surface area contributed by atoms with E-state index in [4.69, 9.17) is 9.47 Å². The number of nitrogens with zero attached hydrogens (tertiary/aromatic N) is 3. The first-order valence-corrected chi connectivity index (χ1v) is 22.5. The summed E-state index contributed by atoms with van der Waals surface area (Å²) in [6.07, 6.45) is 14.5. The van der Waals surface area contributed by atoms with Gasteiger partial charge in [-0.1, -0.05) is 44.7 Å². The minimum atomic E-state index is -0.760. The monoisotopic (exact) mass is 1040 g/mol. The van der Waals surface area contributed by atoms with Gasteiger partial charge in [-0.25, -0.2) is 33.6 Å². The van der Waals surface area contributed by atoms with Crippen molar-refractivity contribution < 1.29 is 81.1 Å². The molecule has 0 fully saturated rings. The molecule has 0 saturated carbocycles. The normalized spacial score (nSPS) is 16.9. The van der Waals surface area contributed by atoms with Gasteiger partial charge in [-0.2, -0.15) is 0 Å². The standard InChI is InChI=1S/C12H19NO4.C11H19NO4.2C9H13NO3.C8H13NO3.2CH4/c1-12(2,3)17-10(14)9-7-5-6-8-13(9)11(15)16-4;1-6-7-8(12-10(14)15-5)9(13)16-11(2,3)4;1-6-4-8(9(12)13-3)10(5-6)7(2)11;1-7(11)10-6-4-3-5-8(10)9(12)13-2;1-4-5-7(8(11)12-3)9-6(2)10;;/h6,8-9H,5,7H2,1-4H3;6,8H,1,7H2,2-5H3,(H,12,14);5,8H,4H2,1-3H3;4,6,8H,3,5H2,1-2H3;4,7H,1,5H2,2-3H3,(H,9,10);2*1H4/t9-;3*8-;7-;;/m00000../s1. The van der Waals surface area contributed by atoms with Gasteiger partial charge in [-0.3, -0.25) is 19.3 Å². The quantitative estimate of drug-likeness (QED) is 0.126. The Balaban J connectivity index is -0.000000407. The van der Waals surface area contributed by atoms with E-state index in [9.17, 15) is 47.9 Å². The van der Waals surface area contributed by atoms with Gasteiger partial charge < -0.3 is 53.6 Å². The number of allylic oxidation sites excluding steroid dienone is 2. The third-order valence-electron chi connectivity index (χ3n) is 9.20. The van der Waals surface area contributed by atoms with Gasteiger partial charge in [-0.05, 0) is 87.0 Å². The maximum absolute atomic E-state index is 11.9. The van der Waals surface area contributed by atoms with Gasteiger partial charge in [0.2, 0.25) is 17.7 Å². The molecule has 0 aromatic carbocycles. The molecule has 22 heteroatoms. The molecular formula is C51H85N5O17. The summed E-state index contributed by atoms with van der Waals surface area (Å²) >= 11 is 0. The second-order valence-electron chi connectivity index (χ2n) is 17.5. The predicted molar refractivity (Wildman–Crippen MR) is 274 cm³/mol. The minimum absolute atomic E-state index is 0. The van der Waals surface area contributed by atoms with Crippen molar-refractivity contribution in [3.63, 3.8) is 0 Å². The van der Waals surface area contributed by atoms with E-state index in [1.165, 1.54) is 77.1 Å². The van der Waals surface area contributed by atoms with Crippen molar-refractivity contribution in [3.8, 4) is 0 Å². The van der Waals surface area contributed by atoms with Crippen LogP contribution in [0.4, 0.5) is 9.59 Å². The topological polar surface area (TPSA) is 269 Å². The number of hydrogen-bond acceptors (Lipinski definition) is 17. The lowest BCUT2D eigenvalue weighted by Gasteiger charge is -2.31. The van der Waals surface area contributed by atoms with E-state index in [0.29, 0.717) is 32.1 Å². The Morgan fingerprint density at radius 3 is 1.42 bits per heavy atom. The molecule has 0 saturated heterocycles. The first-order valence-electron chi connectivity index (χ1n) is 22.5. The van der Waals surface area contributed by atoms with E-state index >= 15 is 0 Å². The van der Waals surface area contributed by atoms with Crippen LogP contribution < -0.4 is 10.6 Å². The lowest BCUT2D eigenvalue weighted by Crippen LogP contribution is -2.45. The van der Waals surface area contributed by atoms with Crippen LogP contribution in [0, 0.1) is 0 Å². The van der Waals surface area contributed by atoms with E-state index in [1.807, 2.05) is 19.1 Å². The Morgan fingerprint density at radius 1 is 0.603 bits per heavy atom. The molecule has 0 spiro atoms. The van der Waals surface area contributed by atoms with Crippen LogP contribution in [-0.4, -0.2) is 151 Å². The Hall–Kier alpha value is -7.00. The van der Waals surface area contributed by atoms with E-state index < -0.39 is 71.5 Å². The lowest BCUT2D eigenvalue weighted by atomic mass is 10.1. The SMILES string of the molecule is C.C.C=CC[C@H](NC(=O)OC)C(=O)OC(C)(C)C.C=CC[C@H](NC(C)=O)C(=O)OC.COC(=O)N1C=CCC[C@H]1C(=O)OC(C)(C)C.COC(=O)[C@@H]1CC(C)=CN1C(C)=O.COC(=O)[C@@H]1CCC=CN1C(C)=O. The lowest BCUT2D eigenvalue weighted by molar-refractivity contribution is -0.160. The molecule has 0 unspecified atom stereocenters. The molecule has 3 heterocycles. The van der Waals surface area contributed by atoms with Crippen molar-refractivity contribution in [1.82, 2.24) is 25.3 Å². The maximum atomic E-state index is 11.9. The van der Waals surface area contributed by atoms with Crippen LogP contribution in [-0.2, 0) is 71.5 Å². The zero-order chi connectivity index (χ0) is 55.2. The summed E-state index contributed by atoms with van der Waals surface area (Å²) < 4.78 is 33.1. The molecule has 22 nitrogen and oxygen atoms in total. The second kappa shape index (κ2) is 36.8. The van der Waals surface area contributed by atoms with Crippen molar-refractivity contribution in [2.24, 2.45) is 0 Å². The fourth-order valence-corrected chi connectivity index (χ4v) is 6.11. The number of esters is 5. The molecule has 0 bridgehead atoms. The molecule has 3 aliphatic rings. The van der Waals surface area contributed by atoms with Crippen molar-refractivity contribution in [1.29, 1.82) is 0 Å². The number of alkyl carbamates (subject to hydrolysis) is 1. The minimum Gasteiger partial charge on any atom is -0.467 e. The zero-order valence-corrected chi connectivity index (χ0v) is 44.1. The summed E-state index contributed by atoms with van der Waals surface area (Å²) in [5, 5.41) is 4.83. The van der Waals surface area contributed by atoms with Crippen LogP contribution in [0.1, 0.15) is 129 Å². The molecule has 2 N–H and O–H groups in total. The highest BCUT2D eigenvalue weighted by molar-refractivity contribution is 5.86. The summed E-state index contributed by atoms with van der Waals surface area (Å²) in [5.74, 6) is -2.58. The number of ether oxygens (including phenoxy) is 7. The van der Waals surface area contributed by atoms with Gasteiger partial charge in [0.05, 0.1) is 35.5 Å². The second-order valence-corrected chi connectivity index (χ2v) is 17.5. The van der Waals surface area contributed by atoms with E-state index in [2.05, 4.69) is 47.5 Å². The summed E-state index contributed by atoms with van der Waals surface area (Å²) in [7, 11) is 6.46. The van der Waals surface area contributed by atoms with Gasteiger partial charge in [0.1, 0.15) is 41.4 Å². The molecule has 5 amide bonds. The smallest absolute Gasteiger partial charge is 0.414 e.